The minimum Gasteiger partial charge on any atom is -0.379 e. The monoisotopic (exact) mass is 748 g/mol. The molecule has 4 N–H and O–H groups in total. The quantitative estimate of drug-likeness (QED) is 0.139. The van der Waals surface area contributed by atoms with Crippen LogP contribution in [-0.2, 0) is 35.1 Å². The van der Waals surface area contributed by atoms with E-state index in [1.807, 2.05) is 90.9 Å². The first-order chi connectivity index (χ1) is 24.9. The first-order valence-electron chi connectivity index (χ1n) is 19.2. The van der Waals surface area contributed by atoms with Crippen LogP contribution in [-0.4, -0.2) is 139 Å². The minimum absolute atomic E-state index is 0.00124. The molecule has 302 valence electrons. The Kier molecular flexibility index (Phi) is 18.9. The second-order valence-electron chi connectivity index (χ2n) is 15.7. The highest BCUT2D eigenvalue weighted by Crippen LogP contribution is 2.30. The lowest BCUT2D eigenvalue weighted by Gasteiger charge is -2.41. The Labute approximate surface area is 318 Å². The molecule has 4 amide bonds. The molecule has 0 aromatic heterocycles. The van der Waals surface area contributed by atoms with Crippen molar-refractivity contribution in [1.29, 1.82) is 0 Å². The van der Waals surface area contributed by atoms with E-state index in [1.165, 1.54) is 7.11 Å². The van der Waals surface area contributed by atoms with Crippen LogP contribution in [0.2, 0.25) is 0 Å². The zero-order valence-corrected chi connectivity index (χ0v) is 34.2. The number of hydrogen-bond acceptors (Lipinski definition) is 9. The summed E-state index contributed by atoms with van der Waals surface area (Å²) in [4.78, 5) is 60.6. The highest BCUT2D eigenvalue weighted by atomic mass is 16.5. The van der Waals surface area contributed by atoms with E-state index in [4.69, 9.17) is 9.47 Å². The van der Waals surface area contributed by atoms with E-state index in [0.29, 0.717) is 13.0 Å². The van der Waals surface area contributed by atoms with Crippen LogP contribution in [0.4, 0.5) is 0 Å². The number of nitrogens with zero attached hydrogens (tertiary/aromatic N) is 3. The molecule has 0 radical (unpaired) electrons. The second-order valence-corrected chi connectivity index (χ2v) is 15.7. The molecule has 1 aromatic rings. The van der Waals surface area contributed by atoms with Crippen LogP contribution in [0.5, 0.6) is 0 Å². The Hall–Kier alpha value is -3.10. The Balaban J connectivity index is 2.27. The van der Waals surface area contributed by atoms with Gasteiger partial charge in [-0.3, -0.25) is 24.1 Å². The van der Waals surface area contributed by atoms with E-state index in [2.05, 4.69) is 10.6 Å². The highest BCUT2D eigenvalue weighted by Gasteiger charge is 2.43. The van der Waals surface area contributed by atoms with Crippen LogP contribution in [0.15, 0.2) is 30.3 Å². The average Bonchev–Trinajstić information content (AvgIpc) is 3.59. The topological polar surface area (TPSA) is 161 Å². The van der Waals surface area contributed by atoms with Crippen molar-refractivity contribution in [3.63, 3.8) is 0 Å². The van der Waals surface area contributed by atoms with Crippen LogP contribution in [0.1, 0.15) is 79.7 Å². The number of nitrogens with one attached hydrogen (secondary N) is 2. The highest BCUT2D eigenvalue weighted by molar-refractivity contribution is 5.90. The van der Waals surface area contributed by atoms with Crippen molar-refractivity contribution in [3.05, 3.63) is 35.9 Å². The van der Waals surface area contributed by atoms with Gasteiger partial charge in [0.05, 0.1) is 48.7 Å². The summed E-state index contributed by atoms with van der Waals surface area (Å²) < 4.78 is 11.9. The van der Waals surface area contributed by atoms with Crippen molar-refractivity contribution >= 4 is 23.6 Å². The van der Waals surface area contributed by atoms with Crippen LogP contribution in [0.25, 0.3) is 0 Å². The van der Waals surface area contributed by atoms with Crippen LogP contribution in [0.3, 0.4) is 0 Å². The summed E-state index contributed by atoms with van der Waals surface area (Å²) in [5.41, 5.74) is 0.846. The molecule has 53 heavy (non-hydrogen) atoms. The third-order valence-corrected chi connectivity index (χ3v) is 10.9. The maximum absolute atomic E-state index is 14.2. The van der Waals surface area contributed by atoms with E-state index in [-0.39, 0.29) is 48.3 Å². The fraction of sp³-hybridized carbons (Fsp3) is 0.750. The van der Waals surface area contributed by atoms with Gasteiger partial charge in [-0.1, -0.05) is 85.2 Å². The van der Waals surface area contributed by atoms with Gasteiger partial charge in [0.1, 0.15) is 6.04 Å². The van der Waals surface area contributed by atoms with Gasteiger partial charge in [-0.25, -0.2) is 0 Å². The molecule has 0 saturated carbocycles. The number of carbonyl (C=O) groups is 4. The smallest absolute Gasteiger partial charge is 0.245 e. The number of likely N-dealkylation sites (N-methyl/N-ethyl adjacent to an activating group) is 2. The molecule has 0 aliphatic carbocycles. The van der Waals surface area contributed by atoms with E-state index in [1.54, 1.807) is 30.9 Å². The first kappa shape index (κ1) is 46.1. The van der Waals surface area contributed by atoms with Crippen molar-refractivity contribution in [1.82, 2.24) is 25.3 Å². The summed E-state index contributed by atoms with van der Waals surface area (Å²) in [5, 5.41) is 25.9. The Morgan fingerprint density at radius 2 is 1.53 bits per heavy atom. The molecule has 1 saturated heterocycles. The lowest BCUT2D eigenvalue weighted by molar-refractivity contribution is -0.148. The summed E-state index contributed by atoms with van der Waals surface area (Å²) in [5.74, 6) is -1.93. The predicted molar refractivity (Wildman–Crippen MR) is 206 cm³/mol. The van der Waals surface area contributed by atoms with E-state index in [0.717, 1.165) is 18.4 Å². The zero-order valence-electron chi connectivity index (χ0n) is 34.2. The lowest BCUT2D eigenvalue weighted by atomic mass is 9.89. The molecule has 1 heterocycles. The second kappa shape index (κ2) is 21.7. The van der Waals surface area contributed by atoms with Crippen molar-refractivity contribution < 1.29 is 38.9 Å². The third-order valence-electron chi connectivity index (χ3n) is 10.9. The van der Waals surface area contributed by atoms with Crippen LogP contribution >= 0.6 is 0 Å². The zero-order chi connectivity index (χ0) is 40.2. The fourth-order valence-electron chi connectivity index (χ4n) is 7.82. The number of amides is 4. The maximum atomic E-state index is 14.2. The Morgan fingerprint density at radius 3 is 2.02 bits per heavy atom. The van der Waals surface area contributed by atoms with Gasteiger partial charge in [0, 0.05) is 27.8 Å². The molecule has 13 nitrogen and oxygen atoms in total. The Bertz CT molecular complexity index is 1290. The van der Waals surface area contributed by atoms with Gasteiger partial charge in [0.15, 0.2) is 6.29 Å². The summed E-state index contributed by atoms with van der Waals surface area (Å²) >= 11 is 0. The van der Waals surface area contributed by atoms with Gasteiger partial charge in [-0.15, -0.1) is 0 Å². The molecule has 9 atom stereocenters. The van der Waals surface area contributed by atoms with E-state index >= 15 is 0 Å². The summed E-state index contributed by atoms with van der Waals surface area (Å²) in [6.45, 7) is 14.0. The summed E-state index contributed by atoms with van der Waals surface area (Å²) in [6.07, 6.45) is -0.762. The number of hydrogen-bond donors (Lipinski definition) is 4. The number of likely N-dealkylation sites (tertiary alicyclic amines) is 1. The van der Waals surface area contributed by atoms with Crippen LogP contribution < -0.4 is 10.6 Å². The van der Waals surface area contributed by atoms with Gasteiger partial charge in [0.25, 0.3) is 0 Å². The molecule has 0 spiro atoms. The number of methoxy groups -OCH3 is 2. The normalized spacial score (nSPS) is 19.4. The number of aliphatic hydroxyl groups is 2. The molecule has 2 rings (SSSR count). The molecular formula is C40H69N5O8. The van der Waals surface area contributed by atoms with Gasteiger partial charge < -0.3 is 40.1 Å². The Morgan fingerprint density at radius 1 is 0.906 bits per heavy atom. The molecule has 13 heteroatoms. The standard InChI is InChI=1S/C40H69N5O8/c1-13-26(6)35(44(10)39(49)33(24(2)3)42-38(48)34(25(4)5)43(8)9)31(52-11)23-32(46)45-21-17-20-30(45)36(53-12)27(7)37(47)41-29(40(50)51)22-28-18-15-14-16-19-28/h14-16,18-19,24-27,29-31,33-36,40,50-51H,13,17,20-23H2,1-12H3,(H,41,47)(H,42,48)/t26-,27+,29-,30-,31+,33-,34-,35-,36+/m0/s1. The molecular weight excluding hydrogens is 678 g/mol. The van der Waals surface area contributed by atoms with Gasteiger partial charge in [0.2, 0.25) is 23.6 Å². The SMILES string of the molecule is CC[C@H](C)[C@@H]([C@@H](CC(=O)N1CCC[C@H]1[C@H](OC)[C@@H](C)C(=O)N[C@@H](Cc1ccccc1)C(O)O)OC)N(C)C(=O)[C@@H](NC(=O)[C@H](C(C)C)N(C)C)C(C)C. The predicted octanol–water partition coefficient (Wildman–Crippen LogP) is 2.67. The average molecular weight is 748 g/mol. The minimum atomic E-state index is -1.77. The number of carbonyl (C=O) groups excluding carboxylic acids is 4. The van der Waals surface area contributed by atoms with Crippen molar-refractivity contribution in [2.24, 2.45) is 23.7 Å². The maximum Gasteiger partial charge on any atom is 0.245 e. The fourth-order valence-corrected chi connectivity index (χ4v) is 7.82. The van der Waals surface area contributed by atoms with Crippen molar-refractivity contribution in [2.75, 3.05) is 41.9 Å². The number of benzene rings is 1. The van der Waals surface area contributed by atoms with Gasteiger partial charge in [-0.2, -0.15) is 0 Å². The number of ether oxygens (including phenoxy) is 2. The lowest BCUT2D eigenvalue weighted by Crippen LogP contribution is -2.59. The summed E-state index contributed by atoms with van der Waals surface area (Å²) in [6, 6.07) is 6.29. The van der Waals surface area contributed by atoms with Gasteiger partial charge in [-0.05, 0) is 56.7 Å². The van der Waals surface area contributed by atoms with Crippen molar-refractivity contribution in [2.45, 2.75) is 129 Å². The molecule has 0 bridgehead atoms. The molecule has 1 fully saturated rings. The molecule has 0 unspecified atom stereocenters. The third kappa shape index (κ3) is 12.5. The largest absolute Gasteiger partial charge is 0.379 e. The number of rotatable bonds is 21. The molecule has 1 aromatic carbocycles. The van der Waals surface area contributed by atoms with E-state index in [9.17, 15) is 29.4 Å². The van der Waals surface area contributed by atoms with Crippen molar-refractivity contribution in [3.8, 4) is 0 Å². The van der Waals surface area contributed by atoms with Gasteiger partial charge >= 0.3 is 0 Å². The van der Waals surface area contributed by atoms with E-state index < -0.39 is 60.5 Å². The first-order valence-corrected chi connectivity index (χ1v) is 19.2. The molecule has 1 aliphatic rings. The number of aliphatic hydroxyl groups excluding tert-OH is 1. The summed E-state index contributed by atoms with van der Waals surface area (Å²) in [7, 11) is 8.48. The van der Waals surface area contributed by atoms with Crippen LogP contribution in [0, 0.1) is 23.7 Å². The molecule has 1 aliphatic heterocycles.